The Morgan fingerprint density at radius 1 is 1.36 bits per heavy atom. The number of nitrogens with zero attached hydrogens (tertiary/aromatic N) is 2. The zero-order chi connectivity index (χ0) is 18.0. The van der Waals surface area contributed by atoms with E-state index in [9.17, 15) is 9.59 Å². The summed E-state index contributed by atoms with van der Waals surface area (Å²) in [6.45, 7) is 5.88. The number of H-pyrrole nitrogens is 1. The fourth-order valence-electron chi connectivity index (χ4n) is 2.53. The van der Waals surface area contributed by atoms with Crippen molar-refractivity contribution in [2.24, 2.45) is 0 Å². The summed E-state index contributed by atoms with van der Waals surface area (Å²) in [4.78, 5) is 26.2. The lowest BCUT2D eigenvalue weighted by molar-refractivity contribution is -0.116. The van der Waals surface area contributed by atoms with E-state index < -0.39 is 11.8 Å². The van der Waals surface area contributed by atoms with Crippen molar-refractivity contribution in [3.8, 4) is 0 Å². The number of nitrogens with one attached hydrogen (secondary N) is 3. The highest BCUT2D eigenvalue weighted by molar-refractivity contribution is 5.95. The second kappa shape index (κ2) is 6.84. The molecule has 0 saturated heterocycles. The average Bonchev–Trinajstić information content (AvgIpc) is 3.19. The molecular formula is C17H21N5O3. The van der Waals surface area contributed by atoms with Gasteiger partial charge < -0.3 is 15.1 Å². The van der Waals surface area contributed by atoms with Gasteiger partial charge in [0.1, 0.15) is 11.9 Å². The molecule has 1 aromatic carbocycles. The van der Waals surface area contributed by atoms with Crippen LogP contribution in [0.25, 0.3) is 11.1 Å². The number of rotatable bonds is 6. The Balaban J connectivity index is 1.69. The van der Waals surface area contributed by atoms with Crippen LogP contribution in [0.1, 0.15) is 33.2 Å². The predicted octanol–water partition coefficient (Wildman–Crippen LogP) is 2.73. The van der Waals surface area contributed by atoms with Crippen LogP contribution >= 0.6 is 0 Å². The van der Waals surface area contributed by atoms with Crippen LogP contribution in [-0.4, -0.2) is 26.7 Å². The monoisotopic (exact) mass is 343 g/mol. The molecule has 3 aromatic rings. The van der Waals surface area contributed by atoms with E-state index in [4.69, 9.17) is 4.42 Å². The van der Waals surface area contributed by atoms with Gasteiger partial charge in [-0.25, -0.2) is 9.48 Å². The van der Waals surface area contributed by atoms with E-state index in [1.165, 1.54) is 0 Å². The normalized spacial score (nSPS) is 13.6. The molecule has 3 N–H and O–H groups in total. The Morgan fingerprint density at radius 2 is 2.16 bits per heavy atom. The molecular weight excluding hydrogens is 322 g/mol. The zero-order valence-electron chi connectivity index (χ0n) is 14.4. The van der Waals surface area contributed by atoms with Crippen molar-refractivity contribution in [2.75, 3.05) is 10.6 Å². The molecule has 25 heavy (non-hydrogen) atoms. The van der Waals surface area contributed by atoms with Gasteiger partial charge in [-0.2, -0.15) is 5.10 Å². The van der Waals surface area contributed by atoms with Crippen LogP contribution in [0.15, 0.2) is 39.7 Å². The number of anilines is 2. The van der Waals surface area contributed by atoms with E-state index in [0.29, 0.717) is 22.6 Å². The smallest absolute Gasteiger partial charge is 0.408 e. The lowest BCUT2D eigenvalue weighted by atomic mass is 10.2. The van der Waals surface area contributed by atoms with E-state index in [1.807, 2.05) is 6.92 Å². The molecule has 8 heteroatoms. The topological polar surface area (TPSA) is 105 Å². The number of carbonyl (C=O) groups is 1. The van der Waals surface area contributed by atoms with Gasteiger partial charge in [0.05, 0.1) is 17.8 Å². The summed E-state index contributed by atoms with van der Waals surface area (Å²) in [5.41, 5.74) is 1.77. The summed E-state index contributed by atoms with van der Waals surface area (Å²) in [6, 6.07) is 6.67. The summed E-state index contributed by atoms with van der Waals surface area (Å²) in [6.07, 6.45) is 2.59. The van der Waals surface area contributed by atoms with Crippen molar-refractivity contribution in [3.63, 3.8) is 0 Å². The van der Waals surface area contributed by atoms with Gasteiger partial charge in [-0.05, 0) is 38.5 Å². The molecule has 132 valence electrons. The first-order valence-corrected chi connectivity index (χ1v) is 8.21. The van der Waals surface area contributed by atoms with Gasteiger partial charge in [0.2, 0.25) is 5.91 Å². The first-order chi connectivity index (χ1) is 12.0. The van der Waals surface area contributed by atoms with Gasteiger partial charge in [-0.15, -0.1) is 0 Å². The number of aromatic amines is 1. The first-order valence-electron chi connectivity index (χ1n) is 8.21. The highest BCUT2D eigenvalue weighted by Gasteiger charge is 2.16. The molecule has 1 amide bonds. The maximum atomic E-state index is 12.5. The molecule has 0 aliphatic rings. The van der Waals surface area contributed by atoms with Crippen LogP contribution in [0.4, 0.5) is 11.5 Å². The molecule has 0 bridgehead atoms. The second-order valence-corrected chi connectivity index (χ2v) is 6.00. The quantitative estimate of drug-likeness (QED) is 0.638. The number of aromatic nitrogens is 3. The van der Waals surface area contributed by atoms with Gasteiger partial charge in [-0.1, -0.05) is 6.92 Å². The van der Waals surface area contributed by atoms with Gasteiger partial charge in [-0.3, -0.25) is 9.78 Å². The second-order valence-electron chi connectivity index (χ2n) is 6.00. The molecule has 0 radical (unpaired) electrons. The van der Waals surface area contributed by atoms with Crippen molar-refractivity contribution in [1.82, 2.24) is 14.8 Å². The van der Waals surface area contributed by atoms with Gasteiger partial charge in [0, 0.05) is 11.8 Å². The fraction of sp³-hybridized carbons (Fsp3) is 0.353. The van der Waals surface area contributed by atoms with E-state index in [0.717, 1.165) is 6.42 Å². The lowest BCUT2D eigenvalue weighted by Gasteiger charge is -2.18. The number of amides is 1. The molecule has 0 saturated carbocycles. The van der Waals surface area contributed by atoms with E-state index >= 15 is 0 Å². The molecule has 2 aromatic heterocycles. The Labute approximate surface area is 144 Å². The molecule has 0 fully saturated rings. The standard InChI is InChI=1S/C17H21N5O3/c1-4-10(2)22-15(7-8-18-22)21-16(23)11(3)19-12-5-6-14-13(9-12)20-17(24)25-14/h5-11,19H,4H2,1-3H3,(H,20,24)(H,21,23)/t10-,11-/m0/s1. The van der Waals surface area contributed by atoms with Crippen LogP contribution in [0, 0.1) is 0 Å². The van der Waals surface area contributed by atoms with Crippen molar-refractivity contribution in [1.29, 1.82) is 0 Å². The third-order valence-electron chi connectivity index (χ3n) is 4.13. The van der Waals surface area contributed by atoms with Crippen molar-refractivity contribution in [3.05, 3.63) is 41.0 Å². The minimum absolute atomic E-state index is 0.175. The molecule has 3 rings (SSSR count). The Kier molecular flexibility index (Phi) is 4.60. The lowest BCUT2D eigenvalue weighted by Crippen LogP contribution is -2.32. The van der Waals surface area contributed by atoms with Gasteiger partial charge >= 0.3 is 5.76 Å². The third-order valence-corrected chi connectivity index (χ3v) is 4.13. The molecule has 0 spiro atoms. The van der Waals surface area contributed by atoms with Crippen molar-refractivity contribution >= 4 is 28.5 Å². The van der Waals surface area contributed by atoms with Crippen LogP contribution in [0.3, 0.4) is 0 Å². The number of hydrogen-bond acceptors (Lipinski definition) is 5. The molecule has 2 heterocycles. The molecule has 8 nitrogen and oxygen atoms in total. The number of oxazole rings is 1. The Morgan fingerprint density at radius 3 is 2.92 bits per heavy atom. The highest BCUT2D eigenvalue weighted by atomic mass is 16.4. The Hall–Kier alpha value is -3.03. The van der Waals surface area contributed by atoms with E-state index in [1.54, 1.807) is 42.1 Å². The van der Waals surface area contributed by atoms with Crippen molar-refractivity contribution < 1.29 is 9.21 Å². The summed E-state index contributed by atoms with van der Waals surface area (Å²) >= 11 is 0. The molecule has 2 atom stereocenters. The highest BCUT2D eigenvalue weighted by Crippen LogP contribution is 2.19. The molecule has 0 aliphatic carbocycles. The predicted molar refractivity (Wildman–Crippen MR) is 95.8 cm³/mol. The first kappa shape index (κ1) is 16.8. The summed E-state index contributed by atoms with van der Waals surface area (Å²) in [7, 11) is 0. The number of carbonyl (C=O) groups excluding carboxylic acids is 1. The van der Waals surface area contributed by atoms with Crippen LogP contribution in [0.2, 0.25) is 0 Å². The van der Waals surface area contributed by atoms with Crippen molar-refractivity contribution in [2.45, 2.75) is 39.3 Å². The summed E-state index contributed by atoms with van der Waals surface area (Å²) < 4.78 is 6.76. The Bertz CT molecular complexity index is 939. The van der Waals surface area contributed by atoms with E-state index in [-0.39, 0.29) is 11.9 Å². The number of hydrogen-bond donors (Lipinski definition) is 3. The van der Waals surface area contributed by atoms with Crippen LogP contribution in [-0.2, 0) is 4.79 Å². The van der Waals surface area contributed by atoms with E-state index in [2.05, 4.69) is 27.6 Å². The summed E-state index contributed by atoms with van der Waals surface area (Å²) in [5.74, 6) is -0.00954. The third kappa shape index (κ3) is 3.57. The minimum Gasteiger partial charge on any atom is -0.408 e. The maximum absolute atomic E-state index is 12.5. The van der Waals surface area contributed by atoms with Crippen LogP contribution in [0.5, 0.6) is 0 Å². The number of fused-ring (bicyclic) bond motifs is 1. The van der Waals surface area contributed by atoms with Gasteiger partial charge in [0.25, 0.3) is 0 Å². The molecule has 0 unspecified atom stereocenters. The fourth-order valence-corrected chi connectivity index (χ4v) is 2.53. The zero-order valence-corrected chi connectivity index (χ0v) is 14.4. The van der Waals surface area contributed by atoms with Crippen LogP contribution < -0.4 is 16.4 Å². The van der Waals surface area contributed by atoms with Gasteiger partial charge in [0.15, 0.2) is 5.58 Å². The molecule has 0 aliphatic heterocycles. The average molecular weight is 343 g/mol. The number of benzene rings is 1. The maximum Gasteiger partial charge on any atom is 0.417 e. The summed E-state index contributed by atoms with van der Waals surface area (Å²) in [5, 5.41) is 10.3. The minimum atomic E-state index is -0.503. The largest absolute Gasteiger partial charge is 0.417 e. The SMILES string of the molecule is CC[C@H](C)n1nccc1NC(=O)[C@H](C)Nc1ccc2oc(=O)[nH]c2c1.